The van der Waals surface area contributed by atoms with Crippen LogP contribution in [0.1, 0.15) is 30.3 Å². The molecule has 0 radical (unpaired) electrons. The molecule has 1 aromatic heterocycles. The van der Waals surface area contributed by atoms with Gasteiger partial charge in [0.05, 0.1) is 11.9 Å². The summed E-state index contributed by atoms with van der Waals surface area (Å²) in [7, 11) is 0. The molecule has 2 aromatic rings. The lowest BCUT2D eigenvalue weighted by molar-refractivity contribution is 0.0936. The molecule has 2 heterocycles. The van der Waals surface area contributed by atoms with Crippen molar-refractivity contribution in [1.82, 2.24) is 25.2 Å². The Morgan fingerprint density at radius 3 is 2.95 bits per heavy atom. The van der Waals surface area contributed by atoms with Crippen molar-refractivity contribution in [1.29, 1.82) is 0 Å². The van der Waals surface area contributed by atoms with E-state index in [0.29, 0.717) is 18.3 Å². The molecule has 0 saturated carbocycles. The molecule has 6 heteroatoms. The first kappa shape index (κ1) is 14.7. The second kappa shape index (κ2) is 6.70. The van der Waals surface area contributed by atoms with Crippen LogP contribution in [-0.4, -0.2) is 51.5 Å². The van der Waals surface area contributed by atoms with Crippen molar-refractivity contribution in [3.63, 3.8) is 0 Å². The molecule has 1 N–H and O–H groups in total. The molecule has 1 atom stereocenters. The van der Waals surface area contributed by atoms with E-state index in [-0.39, 0.29) is 5.91 Å². The summed E-state index contributed by atoms with van der Waals surface area (Å²) in [5.74, 6) is -0.162. The van der Waals surface area contributed by atoms with E-state index in [1.54, 1.807) is 0 Å². The first-order valence-electron chi connectivity index (χ1n) is 7.78. The number of carbonyl (C=O) groups excluding carboxylic acids is 1. The van der Waals surface area contributed by atoms with E-state index in [2.05, 4.69) is 27.3 Å². The fraction of sp³-hybridized carbons (Fsp3) is 0.438. The van der Waals surface area contributed by atoms with E-state index < -0.39 is 0 Å². The maximum Gasteiger partial charge on any atom is 0.273 e. The van der Waals surface area contributed by atoms with Gasteiger partial charge in [-0.15, -0.1) is 5.10 Å². The number of nitrogens with one attached hydrogen (secondary N) is 1. The highest BCUT2D eigenvalue weighted by molar-refractivity contribution is 5.91. The zero-order chi connectivity index (χ0) is 15.4. The van der Waals surface area contributed by atoms with Gasteiger partial charge in [0.1, 0.15) is 0 Å². The van der Waals surface area contributed by atoms with Gasteiger partial charge in [-0.2, -0.15) is 9.90 Å². The van der Waals surface area contributed by atoms with Gasteiger partial charge in [0.15, 0.2) is 5.69 Å². The number of para-hydroxylation sites is 1. The van der Waals surface area contributed by atoms with Crippen LogP contribution in [0.5, 0.6) is 0 Å². The van der Waals surface area contributed by atoms with Crippen molar-refractivity contribution in [2.75, 3.05) is 19.6 Å². The van der Waals surface area contributed by atoms with E-state index in [1.807, 2.05) is 30.3 Å². The molecule has 3 rings (SSSR count). The lowest BCUT2D eigenvalue weighted by Crippen LogP contribution is -2.40. The number of hydrogen-bond acceptors (Lipinski definition) is 4. The lowest BCUT2D eigenvalue weighted by Gasteiger charge is -2.22. The van der Waals surface area contributed by atoms with Crippen LogP contribution in [0, 0.1) is 0 Å². The van der Waals surface area contributed by atoms with Gasteiger partial charge in [0.2, 0.25) is 0 Å². The second-order valence-corrected chi connectivity index (χ2v) is 5.49. The van der Waals surface area contributed by atoms with Crippen LogP contribution in [0.3, 0.4) is 0 Å². The third-order valence-corrected chi connectivity index (χ3v) is 4.12. The molecule has 116 valence electrons. The summed E-state index contributed by atoms with van der Waals surface area (Å²) in [5.41, 5.74) is 1.19. The average molecular weight is 299 g/mol. The standard InChI is InChI=1S/C16H21N5O/c1-2-20-10-6-9-14(20)11-17-16(22)15-12-18-21(19-15)13-7-4-3-5-8-13/h3-5,7-8,12,14H,2,6,9-11H2,1H3,(H,17,22). The Morgan fingerprint density at radius 1 is 1.36 bits per heavy atom. The molecule has 1 aliphatic rings. The summed E-state index contributed by atoms with van der Waals surface area (Å²) in [5, 5.41) is 11.4. The molecule has 0 spiro atoms. The zero-order valence-corrected chi connectivity index (χ0v) is 12.8. The van der Waals surface area contributed by atoms with Gasteiger partial charge >= 0.3 is 0 Å². The number of likely N-dealkylation sites (N-methyl/N-ethyl adjacent to an activating group) is 1. The monoisotopic (exact) mass is 299 g/mol. The highest BCUT2D eigenvalue weighted by Gasteiger charge is 2.23. The first-order chi connectivity index (χ1) is 10.8. The Hall–Kier alpha value is -2.21. The molecule has 1 fully saturated rings. The van der Waals surface area contributed by atoms with Gasteiger partial charge in [-0.25, -0.2) is 0 Å². The van der Waals surface area contributed by atoms with E-state index in [4.69, 9.17) is 0 Å². The molecule has 1 amide bonds. The van der Waals surface area contributed by atoms with Crippen molar-refractivity contribution in [2.24, 2.45) is 0 Å². The van der Waals surface area contributed by atoms with Gasteiger partial charge in [0, 0.05) is 12.6 Å². The van der Waals surface area contributed by atoms with Gasteiger partial charge in [-0.1, -0.05) is 25.1 Å². The molecular weight excluding hydrogens is 278 g/mol. The van der Waals surface area contributed by atoms with Gasteiger partial charge in [0.25, 0.3) is 5.91 Å². The fourth-order valence-corrected chi connectivity index (χ4v) is 2.90. The van der Waals surface area contributed by atoms with Crippen molar-refractivity contribution >= 4 is 5.91 Å². The van der Waals surface area contributed by atoms with E-state index in [9.17, 15) is 4.79 Å². The third-order valence-electron chi connectivity index (χ3n) is 4.12. The second-order valence-electron chi connectivity index (χ2n) is 5.49. The predicted octanol–water partition coefficient (Wildman–Crippen LogP) is 1.48. The topological polar surface area (TPSA) is 63.1 Å². The van der Waals surface area contributed by atoms with Gasteiger partial charge in [-0.3, -0.25) is 9.69 Å². The maximum absolute atomic E-state index is 12.2. The van der Waals surface area contributed by atoms with Crippen LogP contribution >= 0.6 is 0 Å². The minimum atomic E-state index is -0.162. The van der Waals surface area contributed by atoms with Crippen LogP contribution in [0.2, 0.25) is 0 Å². The number of aromatic nitrogens is 3. The Labute approximate surface area is 130 Å². The van der Waals surface area contributed by atoms with Crippen molar-refractivity contribution in [3.8, 4) is 5.69 Å². The minimum Gasteiger partial charge on any atom is -0.349 e. The fourth-order valence-electron chi connectivity index (χ4n) is 2.90. The number of nitrogens with zero attached hydrogens (tertiary/aromatic N) is 4. The quantitative estimate of drug-likeness (QED) is 0.908. The zero-order valence-electron chi connectivity index (χ0n) is 12.8. The molecule has 1 unspecified atom stereocenters. The van der Waals surface area contributed by atoms with Crippen LogP contribution in [0.4, 0.5) is 0 Å². The van der Waals surface area contributed by atoms with Gasteiger partial charge in [-0.05, 0) is 38.1 Å². The smallest absolute Gasteiger partial charge is 0.273 e. The number of hydrogen-bond donors (Lipinski definition) is 1. The Kier molecular flexibility index (Phi) is 4.48. The highest BCUT2D eigenvalue weighted by Crippen LogP contribution is 2.15. The lowest BCUT2D eigenvalue weighted by atomic mass is 10.2. The number of rotatable bonds is 5. The molecular formula is C16H21N5O. The summed E-state index contributed by atoms with van der Waals surface area (Å²) >= 11 is 0. The molecule has 0 aliphatic carbocycles. The van der Waals surface area contributed by atoms with Crippen molar-refractivity contribution < 1.29 is 4.79 Å². The predicted molar refractivity (Wildman–Crippen MR) is 84.0 cm³/mol. The summed E-state index contributed by atoms with van der Waals surface area (Å²) in [6.07, 6.45) is 3.86. The summed E-state index contributed by atoms with van der Waals surface area (Å²) < 4.78 is 0. The van der Waals surface area contributed by atoms with Crippen molar-refractivity contribution in [2.45, 2.75) is 25.8 Å². The molecule has 1 aromatic carbocycles. The maximum atomic E-state index is 12.2. The number of likely N-dealkylation sites (tertiary alicyclic amines) is 1. The molecule has 1 saturated heterocycles. The van der Waals surface area contributed by atoms with Gasteiger partial charge < -0.3 is 5.32 Å². The molecule has 6 nitrogen and oxygen atoms in total. The van der Waals surface area contributed by atoms with Crippen LogP contribution in [0.15, 0.2) is 36.5 Å². The molecule has 22 heavy (non-hydrogen) atoms. The number of amides is 1. The number of carbonyl (C=O) groups is 1. The summed E-state index contributed by atoms with van der Waals surface area (Å²) in [6.45, 7) is 4.99. The first-order valence-corrected chi connectivity index (χ1v) is 7.78. The Balaban J connectivity index is 1.60. The van der Waals surface area contributed by atoms with Crippen LogP contribution in [-0.2, 0) is 0 Å². The minimum absolute atomic E-state index is 0.162. The van der Waals surface area contributed by atoms with Crippen LogP contribution < -0.4 is 5.32 Å². The number of benzene rings is 1. The van der Waals surface area contributed by atoms with E-state index >= 15 is 0 Å². The highest BCUT2D eigenvalue weighted by atomic mass is 16.2. The van der Waals surface area contributed by atoms with E-state index in [0.717, 1.165) is 25.2 Å². The Bertz CT molecular complexity index is 624. The normalized spacial score (nSPS) is 18.5. The van der Waals surface area contributed by atoms with Crippen LogP contribution in [0.25, 0.3) is 5.69 Å². The molecule has 1 aliphatic heterocycles. The third kappa shape index (κ3) is 3.17. The summed E-state index contributed by atoms with van der Waals surface area (Å²) in [6, 6.07) is 10.0. The summed E-state index contributed by atoms with van der Waals surface area (Å²) in [4.78, 5) is 16.1. The Morgan fingerprint density at radius 2 is 2.18 bits per heavy atom. The largest absolute Gasteiger partial charge is 0.349 e. The molecule has 0 bridgehead atoms. The SMILES string of the molecule is CCN1CCCC1CNC(=O)c1cnn(-c2ccccc2)n1. The van der Waals surface area contributed by atoms with Crippen molar-refractivity contribution in [3.05, 3.63) is 42.2 Å². The average Bonchev–Trinajstić information content (AvgIpc) is 3.22. The van der Waals surface area contributed by atoms with E-state index in [1.165, 1.54) is 17.4 Å².